The van der Waals surface area contributed by atoms with Crippen LogP contribution in [0, 0.1) is 27.7 Å². The number of halogens is 2. The molecule has 0 spiro atoms. The number of rotatable bonds is 3. The summed E-state index contributed by atoms with van der Waals surface area (Å²) in [7, 11) is 0. The zero-order valence-corrected chi connectivity index (χ0v) is 35.0. The Bertz CT molecular complexity index is 1930. The third kappa shape index (κ3) is 10.6. The van der Waals surface area contributed by atoms with Crippen LogP contribution in [0.5, 0.6) is 0 Å². The summed E-state index contributed by atoms with van der Waals surface area (Å²) in [4.78, 5) is 0. The van der Waals surface area contributed by atoms with Crippen molar-refractivity contribution in [3.8, 4) is 22.3 Å². The molecule has 0 bridgehead atoms. The molecule has 0 N–H and O–H groups in total. The van der Waals surface area contributed by atoms with Crippen LogP contribution >= 0.6 is 0 Å². The van der Waals surface area contributed by atoms with Crippen LogP contribution in [0.4, 0.5) is 0 Å². The van der Waals surface area contributed by atoms with E-state index in [1.165, 1.54) is 77.2 Å². The van der Waals surface area contributed by atoms with Gasteiger partial charge in [-0.2, -0.15) is 12.1 Å². The minimum atomic E-state index is 0. The first-order valence-electron chi connectivity index (χ1n) is 16.2. The molecule has 6 aromatic rings. The van der Waals surface area contributed by atoms with Crippen LogP contribution in [0.15, 0.2) is 97.1 Å². The number of hydrogen-bond acceptors (Lipinski definition) is 0. The fraction of sp³-hybridized carbons (Fsp3) is 0.302. The van der Waals surface area contributed by atoms with Crippen molar-refractivity contribution in [2.45, 2.75) is 86.7 Å². The van der Waals surface area contributed by atoms with E-state index < -0.39 is 0 Å². The first-order chi connectivity index (χ1) is 21.1. The molecule has 0 radical (unpaired) electrons. The molecule has 0 saturated heterocycles. The Labute approximate surface area is 312 Å². The van der Waals surface area contributed by atoms with E-state index >= 15 is 0 Å². The van der Waals surface area contributed by atoms with Gasteiger partial charge in [-0.05, 0) is 54.4 Å². The predicted octanol–water partition coefficient (Wildman–Crippen LogP) is 6.90. The molecule has 0 amide bonds. The molecule has 0 aliphatic rings. The minimum absolute atomic E-state index is 0. The predicted molar refractivity (Wildman–Crippen MR) is 199 cm³/mol. The van der Waals surface area contributed by atoms with Crippen molar-refractivity contribution in [1.82, 2.24) is 0 Å². The Hall–Kier alpha value is -2.22. The quantitative estimate of drug-likeness (QED) is 0.136. The molecule has 0 saturated carbocycles. The van der Waals surface area contributed by atoms with Crippen molar-refractivity contribution in [3.05, 3.63) is 130 Å². The Morgan fingerprint density at radius 1 is 0.638 bits per heavy atom. The zero-order chi connectivity index (χ0) is 33.1. The molecule has 0 unspecified atom stereocenters. The van der Waals surface area contributed by atoms with Gasteiger partial charge in [-0.25, -0.2) is 0 Å². The molecule has 0 aromatic heterocycles. The molecule has 0 nitrogen and oxygen atoms in total. The number of fused-ring (bicyclic) bond motifs is 2. The molecule has 246 valence electrons. The van der Waals surface area contributed by atoms with Gasteiger partial charge >= 0.3 is 41.9 Å². The molecule has 0 atom stereocenters. The van der Waals surface area contributed by atoms with Crippen molar-refractivity contribution < 1.29 is 48.1 Å². The monoisotopic (exact) mass is 754 g/mol. The smallest absolute Gasteiger partial charge is 0.0132 e. The first-order valence-corrected chi connectivity index (χ1v) is 22.4. The van der Waals surface area contributed by atoms with Crippen molar-refractivity contribution >= 4 is 27.0 Å². The SMILES string of the molecule is C[Si](C)=[Zr+2].Cc1cc(-c2ccc(C(C)(C)C)cc2)c2cc(C)[cH-]c2c1.Cc1ccc(C)c(-c2cccc3[cH-]c(C(C)C)cc23)c1.[Cl-].[Cl-]. The summed E-state index contributed by atoms with van der Waals surface area (Å²) in [5, 5.41) is 5.45. The van der Waals surface area contributed by atoms with Crippen LogP contribution in [-0.4, -0.2) is 5.43 Å². The summed E-state index contributed by atoms with van der Waals surface area (Å²) >= 11 is 1.74. The number of aryl methyl sites for hydroxylation is 4. The van der Waals surface area contributed by atoms with E-state index in [2.05, 4.69) is 172 Å². The Morgan fingerprint density at radius 3 is 1.83 bits per heavy atom. The topological polar surface area (TPSA) is 0 Å². The second kappa shape index (κ2) is 17.4. The molecule has 47 heavy (non-hydrogen) atoms. The molecule has 6 rings (SSSR count). The zero-order valence-electron chi connectivity index (χ0n) is 30.1. The third-order valence-electron chi connectivity index (χ3n) is 8.30. The second-order valence-electron chi connectivity index (χ2n) is 14.2. The normalized spacial score (nSPS) is 10.9. The molecule has 6 aromatic carbocycles. The number of hydrogen-bond donors (Lipinski definition) is 0. The van der Waals surface area contributed by atoms with E-state index in [9.17, 15) is 0 Å². The average Bonchev–Trinajstić information content (AvgIpc) is 3.57. The average molecular weight is 757 g/mol. The minimum Gasteiger partial charge on any atom is -1.00 e. The molecule has 0 aliphatic heterocycles. The van der Waals surface area contributed by atoms with Crippen molar-refractivity contribution in [3.63, 3.8) is 0 Å². The largest absolute Gasteiger partial charge is 1.00 e. The Balaban J connectivity index is 0.000000283. The molecule has 0 fully saturated rings. The van der Waals surface area contributed by atoms with Crippen LogP contribution in [0.2, 0.25) is 13.1 Å². The molecule has 0 aliphatic carbocycles. The molecular weight excluding hydrogens is 707 g/mol. The maximum Gasteiger partial charge on any atom is -0.0132 e. The van der Waals surface area contributed by atoms with Gasteiger partial charge in [-0.3, -0.25) is 0 Å². The van der Waals surface area contributed by atoms with E-state index in [1.807, 2.05) is 0 Å². The van der Waals surface area contributed by atoms with Crippen molar-refractivity contribution in [2.75, 3.05) is 0 Å². The van der Waals surface area contributed by atoms with Crippen LogP contribution in [-0.2, 0) is 28.8 Å². The fourth-order valence-electron chi connectivity index (χ4n) is 5.86. The summed E-state index contributed by atoms with van der Waals surface area (Å²) in [6.45, 7) is 24.6. The Kier molecular flexibility index (Phi) is 15.2. The molecular formula is C43H50Cl2SiZr-2. The summed E-state index contributed by atoms with van der Waals surface area (Å²) in [6, 6.07) is 36.2. The van der Waals surface area contributed by atoms with Crippen LogP contribution in [0.3, 0.4) is 0 Å². The third-order valence-corrected chi connectivity index (χ3v) is 8.30. The van der Waals surface area contributed by atoms with Gasteiger partial charge in [0.05, 0.1) is 0 Å². The maximum atomic E-state index is 2.36. The van der Waals surface area contributed by atoms with Crippen molar-refractivity contribution in [1.29, 1.82) is 0 Å². The van der Waals surface area contributed by atoms with Gasteiger partial charge in [0, 0.05) is 0 Å². The van der Waals surface area contributed by atoms with E-state index in [1.54, 1.807) is 23.3 Å². The molecule has 4 heteroatoms. The fourth-order valence-corrected chi connectivity index (χ4v) is 5.86. The van der Waals surface area contributed by atoms with E-state index in [-0.39, 0.29) is 35.7 Å². The summed E-state index contributed by atoms with van der Waals surface area (Å²) in [6.07, 6.45) is 0. The second-order valence-corrected chi connectivity index (χ2v) is 23.6. The summed E-state index contributed by atoms with van der Waals surface area (Å²) in [5.74, 6) is 0.578. The van der Waals surface area contributed by atoms with Crippen molar-refractivity contribution in [2.24, 2.45) is 0 Å². The maximum absolute atomic E-state index is 2.36. The van der Waals surface area contributed by atoms with Gasteiger partial charge in [0.25, 0.3) is 0 Å². The van der Waals surface area contributed by atoms with Gasteiger partial charge in [-0.1, -0.05) is 118 Å². The van der Waals surface area contributed by atoms with E-state index in [4.69, 9.17) is 0 Å². The number of benzene rings is 4. The van der Waals surface area contributed by atoms with E-state index in [0.29, 0.717) is 5.92 Å². The standard InChI is InChI=1S/C21H23.C20H21.C2H6Si.2ClH.Zr/c1-14-10-17-11-15(2)13-20(17)19(12-14)16-6-8-18(9-7-16)21(3,4)5;1-13(2)17-11-16-6-5-7-18(20(16)12-17)19-10-14(3)8-9-15(19)4;1-3-2;;;/h6-13H,1-5H3;5-13H,1-4H3;1-2H3;2*1H;/q2*-1;;;;+2/p-2. The van der Waals surface area contributed by atoms with Gasteiger partial charge in [-0.15, -0.1) is 63.0 Å². The Morgan fingerprint density at radius 2 is 1.23 bits per heavy atom. The summed E-state index contributed by atoms with van der Waals surface area (Å²) in [5.41, 5.74) is 13.9. The van der Waals surface area contributed by atoms with Crippen LogP contribution in [0.1, 0.15) is 73.9 Å². The summed E-state index contributed by atoms with van der Waals surface area (Å²) < 4.78 is 0. The van der Waals surface area contributed by atoms with Crippen LogP contribution in [0.25, 0.3) is 43.8 Å². The molecule has 0 heterocycles. The van der Waals surface area contributed by atoms with Crippen LogP contribution < -0.4 is 24.8 Å². The van der Waals surface area contributed by atoms with E-state index in [0.717, 1.165) is 0 Å². The van der Waals surface area contributed by atoms with Gasteiger partial charge in [0.1, 0.15) is 0 Å². The van der Waals surface area contributed by atoms with Gasteiger partial charge in [0.2, 0.25) is 0 Å². The van der Waals surface area contributed by atoms with Gasteiger partial charge in [0.15, 0.2) is 0 Å². The first kappa shape index (κ1) is 41.0. The van der Waals surface area contributed by atoms with Gasteiger partial charge < -0.3 is 24.8 Å².